The molecule has 0 saturated carbocycles. The largest absolute Gasteiger partial charge is 0.492 e. The molecule has 4 heterocycles. The highest BCUT2D eigenvalue weighted by Crippen LogP contribution is 2.43. The average molecular weight is 397 g/mol. The predicted molar refractivity (Wildman–Crippen MR) is 107 cm³/mol. The smallest absolute Gasteiger partial charge is 0.259 e. The fraction of sp³-hybridized carbons (Fsp3) is 0.500. The average Bonchev–Trinajstić information content (AvgIpc) is 3.32. The Morgan fingerprint density at radius 3 is 2.76 bits per heavy atom. The third-order valence-electron chi connectivity index (χ3n) is 5.63. The van der Waals surface area contributed by atoms with Crippen LogP contribution in [-0.4, -0.2) is 52.7 Å². The van der Waals surface area contributed by atoms with Gasteiger partial charge >= 0.3 is 0 Å². The van der Waals surface area contributed by atoms with E-state index < -0.39 is 0 Å². The van der Waals surface area contributed by atoms with Gasteiger partial charge in [-0.3, -0.25) is 4.79 Å². The highest BCUT2D eigenvalue weighted by molar-refractivity contribution is 5.97. The van der Waals surface area contributed by atoms with Crippen LogP contribution in [0.3, 0.4) is 0 Å². The third kappa shape index (κ3) is 3.99. The number of hydrogen-bond donors (Lipinski definition) is 0. The molecule has 3 unspecified atom stereocenters. The molecule has 2 bridgehead atoms. The quantitative estimate of drug-likeness (QED) is 0.680. The summed E-state index contributed by atoms with van der Waals surface area (Å²) in [4.78, 5) is 24.0. The van der Waals surface area contributed by atoms with Crippen LogP contribution in [0, 0.1) is 5.92 Å². The van der Waals surface area contributed by atoms with Crippen LogP contribution in [0.25, 0.3) is 0 Å². The number of rotatable bonds is 8. The zero-order valence-corrected chi connectivity index (χ0v) is 16.9. The van der Waals surface area contributed by atoms with Crippen molar-refractivity contribution in [3.05, 3.63) is 42.2 Å². The van der Waals surface area contributed by atoms with Gasteiger partial charge in [0.15, 0.2) is 0 Å². The minimum absolute atomic E-state index is 0.0321. The normalized spacial score (nSPS) is 22.6. The predicted octanol–water partition coefficient (Wildman–Crippen LogP) is 3.35. The second-order valence-corrected chi connectivity index (χ2v) is 7.38. The molecule has 2 saturated heterocycles. The molecule has 7 heteroatoms. The van der Waals surface area contributed by atoms with Gasteiger partial charge in [0.1, 0.15) is 11.3 Å². The molecule has 1 amide bonds. The first-order valence-corrected chi connectivity index (χ1v) is 10.3. The Bertz CT molecular complexity index is 845. The highest BCUT2D eigenvalue weighted by atomic mass is 16.5. The van der Waals surface area contributed by atoms with Crippen LogP contribution in [-0.2, 0) is 0 Å². The van der Waals surface area contributed by atoms with E-state index in [4.69, 9.17) is 14.2 Å². The van der Waals surface area contributed by atoms with Crippen LogP contribution in [0.1, 0.15) is 43.5 Å². The van der Waals surface area contributed by atoms with Crippen molar-refractivity contribution in [2.24, 2.45) is 5.92 Å². The minimum Gasteiger partial charge on any atom is -0.492 e. The SMILES string of the molecule is CCOc1cnc(OCC)c(C(=O)N2C3CCC2C(COc2ccccn2)C3)c1. The van der Waals surface area contributed by atoms with E-state index >= 15 is 0 Å². The number of fused-ring (bicyclic) bond motifs is 2. The maximum absolute atomic E-state index is 13.5. The maximum atomic E-state index is 13.5. The Balaban J connectivity index is 1.51. The monoisotopic (exact) mass is 397 g/mol. The van der Waals surface area contributed by atoms with Gasteiger partial charge in [0, 0.05) is 30.3 Å². The molecular formula is C22H27N3O4. The second-order valence-electron chi connectivity index (χ2n) is 7.38. The van der Waals surface area contributed by atoms with Crippen molar-refractivity contribution >= 4 is 5.91 Å². The molecule has 0 spiro atoms. The topological polar surface area (TPSA) is 73.8 Å². The molecule has 154 valence electrons. The molecule has 2 aromatic heterocycles. The molecular weight excluding hydrogens is 370 g/mol. The molecule has 3 atom stereocenters. The van der Waals surface area contributed by atoms with Crippen molar-refractivity contribution in [1.82, 2.24) is 14.9 Å². The van der Waals surface area contributed by atoms with Gasteiger partial charge in [0.05, 0.1) is 26.0 Å². The van der Waals surface area contributed by atoms with E-state index in [1.54, 1.807) is 18.5 Å². The summed E-state index contributed by atoms with van der Waals surface area (Å²) in [5.41, 5.74) is 0.473. The van der Waals surface area contributed by atoms with E-state index in [0.717, 1.165) is 19.3 Å². The molecule has 7 nitrogen and oxygen atoms in total. The zero-order chi connectivity index (χ0) is 20.2. The number of aromatic nitrogens is 2. The lowest BCUT2D eigenvalue weighted by Crippen LogP contribution is -2.37. The number of amides is 1. The maximum Gasteiger partial charge on any atom is 0.259 e. The van der Waals surface area contributed by atoms with E-state index in [1.807, 2.05) is 36.9 Å². The molecule has 4 rings (SSSR count). The van der Waals surface area contributed by atoms with Gasteiger partial charge in [-0.25, -0.2) is 9.97 Å². The standard InChI is InChI=1S/C22H27N3O4/c1-3-27-17-12-18(21(24-13-17)28-4-2)22(26)25-16-8-9-19(25)15(11-16)14-29-20-7-5-6-10-23-20/h5-7,10,12-13,15-16,19H,3-4,8-9,11,14H2,1-2H3. The third-order valence-corrected chi connectivity index (χ3v) is 5.63. The van der Waals surface area contributed by atoms with Gasteiger partial charge < -0.3 is 19.1 Å². The van der Waals surface area contributed by atoms with Gasteiger partial charge in [-0.15, -0.1) is 0 Å². The lowest BCUT2D eigenvalue weighted by atomic mass is 9.90. The van der Waals surface area contributed by atoms with E-state index in [0.29, 0.717) is 48.8 Å². The van der Waals surface area contributed by atoms with Crippen molar-refractivity contribution in [1.29, 1.82) is 0 Å². The molecule has 0 N–H and O–H groups in total. The molecule has 2 aliphatic heterocycles. The lowest BCUT2D eigenvalue weighted by molar-refractivity contribution is 0.0704. The Hall–Kier alpha value is -2.83. The van der Waals surface area contributed by atoms with Crippen LogP contribution in [0.2, 0.25) is 0 Å². The van der Waals surface area contributed by atoms with Gasteiger partial charge in [0.2, 0.25) is 11.8 Å². The van der Waals surface area contributed by atoms with Crippen LogP contribution in [0.4, 0.5) is 0 Å². The molecule has 0 aliphatic carbocycles. The van der Waals surface area contributed by atoms with E-state index in [2.05, 4.69) is 9.97 Å². The number of nitrogens with zero attached hydrogens (tertiary/aromatic N) is 3. The molecule has 2 aromatic rings. The van der Waals surface area contributed by atoms with Crippen molar-refractivity contribution in [3.8, 4) is 17.5 Å². The van der Waals surface area contributed by atoms with Gasteiger partial charge in [-0.05, 0) is 45.2 Å². The van der Waals surface area contributed by atoms with Crippen molar-refractivity contribution in [3.63, 3.8) is 0 Å². The van der Waals surface area contributed by atoms with Crippen LogP contribution in [0.5, 0.6) is 17.5 Å². The van der Waals surface area contributed by atoms with Crippen LogP contribution >= 0.6 is 0 Å². The number of carbonyl (C=O) groups excluding carboxylic acids is 1. The van der Waals surface area contributed by atoms with Gasteiger partial charge in [-0.2, -0.15) is 0 Å². The van der Waals surface area contributed by atoms with Gasteiger partial charge in [-0.1, -0.05) is 6.07 Å². The van der Waals surface area contributed by atoms with Crippen molar-refractivity contribution in [2.75, 3.05) is 19.8 Å². The number of hydrogen-bond acceptors (Lipinski definition) is 6. The summed E-state index contributed by atoms with van der Waals surface area (Å²) in [5, 5.41) is 0. The van der Waals surface area contributed by atoms with E-state index in [-0.39, 0.29) is 18.0 Å². The summed E-state index contributed by atoms with van der Waals surface area (Å²) in [6, 6.07) is 7.78. The first kappa shape index (κ1) is 19.5. The molecule has 0 radical (unpaired) electrons. The van der Waals surface area contributed by atoms with Crippen molar-refractivity contribution < 1.29 is 19.0 Å². The summed E-state index contributed by atoms with van der Waals surface area (Å²) < 4.78 is 17.1. The summed E-state index contributed by atoms with van der Waals surface area (Å²) in [7, 11) is 0. The van der Waals surface area contributed by atoms with Crippen LogP contribution in [0.15, 0.2) is 36.7 Å². The van der Waals surface area contributed by atoms with Crippen molar-refractivity contribution in [2.45, 2.75) is 45.2 Å². The molecule has 29 heavy (non-hydrogen) atoms. The Kier molecular flexibility index (Phi) is 5.83. The summed E-state index contributed by atoms with van der Waals surface area (Å²) in [6.45, 7) is 5.33. The number of ether oxygens (including phenoxy) is 3. The second kappa shape index (κ2) is 8.68. The zero-order valence-electron chi connectivity index (χ0n) is 16.9. The first-order valence-electron chi connectivity index (χ1n) is 10.3. The summed E-state index contributed by atoms with van der Waals surface area (Å²) >= 11 is 0. The minimum atomic E-state index is -0.0321. The van der Waals surface area contributed by atoms with E-state index in [9.17, 15) is 4.79 Å². The van der Waals surface area contributed by atoms with Crippen LogP contribution < -0.4 is 14.2 Å². The lowest BCUT2D eigenvalue weighted by Gasteiger charge is -2.25. The Morgan fingerprint density at radius 1 is 1.14 bits per heavy atom. The summed E-state index contributed by atoms with van der Waals surface area (Å²) in [5.74, 6) is 1.85. The number of pyridine rings is 2. The van der Waals surface area contributed by atoms with Gasteiger partial charge in [0.25, 0.3) is 5.91 Å². The molecule has 0 aromatic carbocycles. The fourth-order valence-corrected chi connectivity index (χ4v) is 4.46. The molecule has 2 aliphatic rings. The number of carbonyl (C=O) groups is 1. The van der Waals surface area contributed by atoms with E-state index in [1.165, 1.54) is 0 Å². The Labute approximate surface area is 171 Å². The highest BCUT2D eigenvalue weighted by Gasteiger charge is 2.49. The first-order chi connectivity index (χ1) is 14.2. The summed E-state index contributed by atoms with van der Waals surface area (Å²) in [6.07, 6.45) is 6.30. The Morgan fingerprint density at radius 2 is 2.00 bits per heavy atom. The fourth-order valence-electron chi connectivity index (χ4n) is 4.46. The molecule has 2 fully saturated rings.